The van der Waals surface area contributed by atoms with Crippen LogP contribution >= 0.6 is 0 Å². The highest BCUT2D eigenvalue weighted by atomic mass is 16.5. The highest BCUT2D eigenvalue weighted by Crippen LogP contribution is 2.19. The van der Waals surface area contributed by atoms with Crippen molar-refractivity contribution < 1.29 is 14.6 Å². The lowest BCUT2D eigenvalue weighted by Crippen LogP contribution is -2.10. The van der Waals surface area contributed by atoms with Gasteiger partial charge in [-0.25, -0.2) is 9.48 Å². The number of carboxylic acid groups (broad SMARTS) is 1. The van der Waals surface area contributed by atoms with Crippen molar-refractivity contribution in [2.45, 2.75) is 20.8 Å². The summed E-state index contributed by atoms with van der Waals surface area (Å²) in [4.78, 5) is 10.5. The molecule has 0 aliphatic heterocycles. The van der Waals surface area contributed by atoms with E-state index in [1.165, 1.54) is 11.1 Å². The van der Waals surface area contributed by atoms with Crippen molar-refractivity contribution in [2.75, 3.05) is 6.61 Å². The molecular formula is C14H16N2O3. The molecule has 2 rings (SSSR count). The molecule has 5 nitrogen and oxygen atoms in total. The van der Waals surface area contributed by atoms with Gasteiger partial charge in [0.2, 0.25) is 5.88 Å². The second-order valence-corrected chi connectivity index (χ2v) is 4.49. The summed E-state index contributed by atoms with van der Waals surface area (Å²) in [6, 6.07) is 7.77. The average molecular weight is 260 g/mol. The van der Waals surface area contributed by atoms with Crippen LogP contribution in [0.5, 0.6) is 5.88 Å². The third-order valence-electron chi connectivity index (χ3n) is 2.94. The van der Waals surface area contributed by atoms with E-state index >= 15 is 0 Å². The van der Waals surface area contributed by atoms with Gasteiger partial charge in [-0.3, -0.25) is 0 Å². The van der Waals surface area contributed by atoms with Crippen molar-refractivity contribution in [1.82, 2.24) is 9.78 Å². The summed E-state index contributed by atoms with van der Waals surface area (Å²) in [5, 5.41) is 12.8. The molecule has 5 heteroatoms. The summed E-state index contributed by atoms with van der Waals surface area (Å²) in [5.41, 5.74) is 4.23. The number of aliphatic carboxylic acids is 1. The van der Waals surface area contributed by atoms with Crippen LogP contribution < -0.4 is 4.74 Å². The first kappa shape index (κ1) is 13.1. The maximum Gasteiger partial charge on any atom is 0.341 e. The molecule has 19 heavy (non-hydrogen) atoms. The average Bonchev–Trinajstić information content (AvgIpc) is 2.72. The molecule has 0 aliphatic carbocycles. The van der Waals surface area contributed by atoms with Gasteiger partial charge >= 0.3 is 5.97 Å². The Balaban J connectivity index is 2.29. The molecule has 0 saturated heterocycles. The molecule has 0 aliphatic rings. The summed E-state index contributed by atoms with van der Waals surface area (Å²) in [5.74, 6) is -0.698. The van der Waals surface area contributed by atoms with E-state index in [1.807, 2.05) is 32.0 Å². The third kappa shape index (κ3) is 2.93. The Kier molecular flexibility index (Phi) is 3.55. The molecule has 0 spiro atoms. The fourth-order valence-corrected chi connectivity index (χ4v) is 1.77. The number of hydrogen-bond donors (Lipinski definition) is 1. The van der Waals surface area contributed by atoms with Crippen molar-refractivity contribution in [3.05, 3.63) is 41.1 Å². The SMILES string of the molecule is Cc1ccc(-n2nc(OCC(=O)O)cc2C)cc1C. The number of ether oxygens (including phenoxy) is 1. The van der Waals surface area contributed by atoms with Crippen molar-refractivity contribution in [3.63, 3.8) is 0 Å². The topological polar surface area (TPSA) is 64.4 Å². The molecule has 1 aromatic carbocycles. The van der Waals surface area contributed by atoms with Crippen molar-refractivity contribution >= 4 is 5.97 Å². The molecule has 0 fully saturated rings. The Morgan fingerprint density at radius 2 is 2.00 bits per heavy atom. The molecule has 0 unspecified atom stereocenters. The Morgan fingerprint density at radius 3 is 2.63 bits per heavy atom. The molecule has 0 amide bonds. The summed E-state index contributed by atoms with van der Waals surface area (Å²) in [7, 11) is 0. The Labute approximate surface area is 111 Å². The third-order valence-corrected chi connectivity index (χ3v) is 2.94. The van der Waals surface area contributed by atoms with E-state index in [-0.39, 0.29) is 6.61 Å². The zero-order valence-electron chi connectivity index (χ0n) is 11.2. The predicted molar refractivity (Wildman–Crippen MR) is 70.9 cm³/mol. The lowest BCUT2D eigenvalue weighted by molar-refractivity contribution is -0.139. The molecule has 0 saturated carbocycles. The highest BCUT2D eigenvalue weighted by molar-refractivity contribution is 5.68. The van der Waals surface area contributed by atoms with Crippen LogP contribution in [0.3, 0.4) is 0 Å². The lowest BCUT2D eigenvalue weighted by atomic mass is 10.1. The number of rotatable bonds is 4. The van der Waals surface area contributed by atoms with Gasteiger partial charge in [0.05, 0.1) is 5.69 Å². The quantitative estimate of drug-likeness (QED) is 0.915. The number of benzene rings is 1. The van der Waals surface area contributed by atoms with Crippen LogP contribution in [0.2, 0.25) is 0 Å². The molecule has 0 bridgehead atoms. The molecule has 100 valence electrons. The number of carboxylic acids is 1. The predicted octanol–water partition coefficient (Wildman–Crippen LogP) is 2.26. The largest absolute Gasteiger partial charge is 0.479 e. The zero-order valence-corrected chi connectivity index (χ0v) is 11.2. The Bertz CT molecular complexity index is 617. The standard InChI is InChI=1S/C14H16N2O3/c1-9-4-5-12(6-10(9)2)16-11(3)7-13(15-16)19-8-14(17)18/h4-7H,8H2,1-3H3,(H,17,18). The van der Waals surface area contributed by atoms with Crippen LogP contribution in [-0.4, -0.2) is 27.5 Å². The van der Waals surface area contributed by atoms with Crippen molar-refractivity contribution in [3.8, 4) is 11.6 Å². The van der Waals surface area contributed by atoms with Gasteiger partial charge in [0.25, 0.3) is 0 Å². The summed E-state index contributed by atoms with van der Waals surface area (Å²) in [6.07, 6.45) is 0. The monoisotopic (exact) mass is 260 g/mol. The maximum absolute atomic E-state index is 10.5. The fourth-order valence-electron chi connectivity index (χ4n) is 1.77. The highest BCUT2D eigenvalue weighted by Gasteiger charge is 2.09. The number of aromatic nitrogens is 2. The lowest BCUT2D eigenvalue weighted by Gasteiger charge is -2.07. The maximum atomic E-state index is 10.5. The second kappa shape index (κ2) is 5.14. The first-order valence-corrected chi connectivity index (χ1v) is 5.96. The van der Waals surface area contributed by atoms with E-state index in [9.17, 15) is 4.79 Å². The van der Waals surface area contributed by atoms with Crippen molar-refractivity contribution in [1.29, 1.82) is 0 Å². The van der Waals surface area contributed by atoms with E-state index in [1.54, 1.807) is 10.7 Å². The van der Waals surface area contributed by atoms with Gasteiger partial charge in [0, 0.05) is 11.8 Å². The molecule has 2 aromatic rings. The first-order valence-electron chi connectivity index (χ1n) is 5.96. The molecule has 0 radical (unpaired) electrons. The second-order valence-electron chi connectivity index (χ2n) is 4.49. The van der Waals surface area contributed by atoms with Gasteiger partial charge in [0.15, 0.2) is 6.61 Å². The van der Waals surface area contributed by atoms with Crippen LogP contribution in [0.25, 0.3) is 5.69 Å². The van der Waals surface area contributed by atoms with E-state index in [2.05, 4.69) is 12.0 Å². The minimum atomic E-state index is -1.02. The molecule has 0 atom stereocenters. The summed E-state index contributed by atoms with van der Waals surface area (Å²) < 4.78 is 6.81. The number of carbonyl (C=O) groups is 1. The van der Waals surface area contributed by atoms with Gasteiger partial charge in [-0.2, -0.15) is 0 Å². The first-order chi connectivity index (χ1) is 8.97. The normalized spacial score (nSPS) is 10.5. The van der Waals surface area contributed by atoms with Crippen LogP contribution in [0, 0.1) is 20.8 Å². The zero-order chi connectivity index (χ0) is 14.0. The van der Waals surface area contributed by atoms with Gasteiger partial charge < -0.3 is 9.84 Å². The minimum absolute atomic E-state index is 0.318. The smallest absolute Gasteiger partial charge is 0.341 e. The minimum Gasteiger partial charge on any atom is -0.479 e. The van der Waals surface area contributed by atoms with Gasteiger partial charge in [-0.15, -0.1) is 5.10 Å². The summed E-state index contributed by atoms with van der Waals surface area (Å²) >= 11 is 0. The fraction of sp³-hybridized carbons (Fsp3) is 0.286. The van der Waals surface area contributed by atoms with Crippen LogP contribution in [0.15, 0.2) is 24.3 Å². The van der Waals surface area contributed by atoms with Crippen LogP contribution in [0.1, 0.15) is 16.8 Å². The van der Waals surface area contributed by atoms with E-state index in [4.69, 9.17) is 9.84 Å². The van der Waals surface area contributed by atoms with E-state index in [0.29, 0.717) is 5.88 Å². The van der Waals surface area contributed by atoms with Gasteiger partial charge in [-0.05, 0) is 44.0 Å². The van der Waals surface area contributed by atoms with Crippen LogP contribution in [0.4, 0.5) is 0 Å². The number of nitrogens with zero attached hydrogens (tertiary/aromatic N) is 2. The molecule has 1 N–H and O–H groups in total. The molecule has 1 heterocycles. The van der Waals surface area contributed by atoms with Crippen LogP contribution in [-0.2, 0) is 4.79 Å². The Hall–Kier alpha value is -2.30. The van der Waals surface area contributed by atoms with Crippen molar-refractivity contribution in [2.24, 2.45) is 0 Å². The van der Waals surface area contributed by atoms with Gasteiger partial charge in [0.1, 0.15) is 0 Å². The summed E-state index contributed by atoms with van der Waals surface area (Å²) in [6.45, 7) is 5.61. The molecular weight excluding hydrogens is 244 g/mol. The van der Waals surface area contributed by atoms with Gasteiger partial charge in [-0.1, -0.05) is 6.07 Å². The molecule has 1 aromatic heterocycles. The number of hydrogen-bond acceptors (Lipinski definition) is 3. The van der Waals surface area contributed by atoms with E-state index < -0.39 is 5.97 Å². The number of aryl methyl sites for hydroxylation is 3. The Morgan fingerprint density at radius 1 is 1.26 bits per heavy atom. The van der Waals surface area contributed by atoms with E-state index in [0.717, 1.165) is 11.4 Å².